The summed E-state index contributed by atoms with van der Waals surface area (Å²) >= 11 is 5.96. The van der Waals surface area contributed by atoms with Gasteiger partial charge in [-0.05, 0) is 59.6 Å². The molecule has 0 nitrogen and oxygen atoms in total. The Hall–Kier alpha value is -1.27. The third-order valence-corrected chi connectivity index (χ3v) is 4.33. The summed E-state index contributed by atoms with van der Waals surface area (Å²) in [5, 5.41) is 0.805. The molecular formula is C19H23Cl. The summed E-state index contributed by atoms with van der Waals surface area (Å²) in [6, 6.07) is 14.9. The third kappa shape index (κ3) is 3.43. The van der Waals surface area contributed by atoms with Gasteiger partial charge in [0.1, 0.15) is 0 Å². The number of halogens is 1. The summed E-state index contributed by atoms with van der Waals surface area (Å²) in [4.78, 5) is 0. The SMILES string of the molecule is Cc1c(CC(C)c2ccc(Cl)cc2)cccc1C(C)C. The van der Waals surface area contributed by atoms with Gasteiger partial charge < -0.3 is 0 Å². The van der Waals surface area contributed by atoms with Crippen LogP contribution in [0.15, 0.2) is 42.5 Å². The van der Waals surface area contributed by atoms with Crippen LogP contribution in [0.2, 0.25) is 5.02 Å². The summed E-state index contributed by atoms with van der Waals surface area (Å²) in [5.74, 6) is 1.09. The zero-order chi connectivity index (χ0) is 14.7. The normalized spacial score (nSPS) is 12.7. The molecule has 0 aromatic heterocycles. The summed E-state index contributed by atoms with van der Waals surface area (Å²) in [7, 11) is 0. The zero-order valence-electron chi connectivity index (χ0n) is 12.8. The Morgan fingerprint density at radius 2 is 1.60 bits per heavy atom. The van der Waals surface area contributed by atoms with E-state index < -0.39 is 0 Å². The van der Waals surface area contributed by atoms with Crippen molar-refractivity contribution in [1.82, 2.24) is 0 Å². The van der Waals surface area contributed by atoms with Crippen molar-refractivity contribution >= 4 is 11.6 Å². The monoisotopic (exact) mass is 286 g/mol. The van der Waals surface area contributed by atoms with E-state index in [0.717, 1.165) is 11.4 Å². The topological polar surface area (TPSA) is 0 Å². The van der Waals surface area contributed by atoms with E-state index >= 15 is 0 Å². The molecule has 0 amide bonds. The van der Waals surface area contributed by atoms with Crippen molar-refractivity contribution in [3.05, 3.63) is 69.7 Å². The highest BCUT2D eigenvalue weighted by atomic mass is 35.5. The van der Waals surface area contributed by atoms with Gasteiger partial charge in [0, 0.05) is 5.02 Å². The van der Waals surface area contributed by atoms with Crippen LogP contribution in [0.25, 0.3) is 0 Å². The second-order valence-corrected chi connectivity index (χ2v) is 6.38. The summed E-state index contributed by atoms with van der Waals surface area (Å²) in [6.07, 6.45) is 1.08. The van der Waals surface area contributed by atoms with Gasteiger partial charge in [-0.25, -0.2) is 0 Å². The lowest BCUT2D eigenvalue weighted by Crippen LogP contribution is -2.03. The first-order valence-electron chi connectivity index (χ1n) is 7.33. The van der Waals surface area contributed by atoms with Crippen LogP contribution in [0.4, 0.5) is 0 Å². The highest BCUT2D eigenvalue weighted by Gasteiger charge is 2.11. The van der Waals surface area contributed by atoms with Gasteiger partial charge in [0.15, 0.2) is 0 Å². The molecule has 0 bridgehead atoms. The summed E-state index contributed by atoms with van der Waals surface area (Å²) < 4.78 is 0. The van der Waals surface area contributed by atoms with Gasteiger partial charge in [0.05, 0.1) is 0 Å². The predicted molar refractivity (Wildman–Crippen MR) is 88.8 cm³/mol. The highest BCUT2D eigenvalue weighted by molar-refractivity contribution is 6.30. The fourth-order valence-corrected chi connectivity index (χ4v) is 2.91. The molecule has 0 aliphatic carbocycles. The molecule has 0 heterocycles. The Kier molecular flexibility index (Phi) is 4.88. The van der Waals surface area contributed by atoms with Crippen LogP contribution in [-0.4, -0.2) is 0 Å². The molecule has 2 rings (SSSR count). The molecule has 0 radical (unpaired) electrons. The minimum absolute atomic E-state index is 0.508. The predicted octanol–water partition coefficient (Wildman–Crippen LogP) is 6.12. The van der Waals surface area contributed by atoms with E-state index in [1.165, 1.54) is 22.3 Å². The van der Waals surface area contributed by atoms with Crippen LogP contribution in [0.5, 0.6) is 0 Å². The second kappa shape index (κ2) is 6.45. The maximum absolute atomic E-state index is 5.96. The van der Waals surface area contributed by atoms with Crippen molar-refractivity contribution in [1.29, 1.82) is 0 Å². The Morgan fingerprint density at radius 3 is 2.20 bits per heavy atom. The lowest BCUT2D eigenvalue weighted by Gasteiger charge is -2.17. The second-order valence-electron chi connectivity index (χ2n) is 5.94. The highest BCUT2D eigenvalue weighted by Crippen LogP contribution is 2.27. The van der Waals surface area contributed by atoms with Crippen LogP contribution >= 0.6 is 11.6 Å². The molecular weight excluding hydrogens is 264 g/mol. The third-order valence-electron chi connectivity index (χ3n) is 4.08. The maximum atomic E-state index is 5.96. The molecule has 0 fully saturated rings. The van der Waals surface area contributed by atoms with Gasteiger partial charge in [-0.15, -0.1) is 0 Å². The molecule has 1 unspecified atom stereocenters. The van der Waals surface area contributed by atoms with Crippen LogP contribution in [-0.2, 0) is 6.42 Å². The fraction of sp³-hybridized carbons (Fsp3) is 0.368. The van der Waals surface area contributed by atoms with E-state index in [4.69, 9.17) is 11.6 Å². The maximum Gasteiger partial charge on any atom is 0.0406 e. The number of hydrogen-bond acceptors (Lipinski definition) is 0. The summed E-state index contributed by atoms with van der Waals surface area (Å²) in [6.45, 7) is 9.05. The fourth-order valence-electron chi connectivity index (χ4n) is 2.79. The molecule has 0 saturated heterocycles. The number of benzene rings is 2. The first-order valence-corrected chi connectivity index (χ1v) is 7.70. The Balaban J connectivity index is 2.21. The van der Waals surface area contributed by atoms with E-state index in [9.17, 15) is 0 Å². The molecule has 0 spiro atoms. The average Bonchev–Trinajstić information content (AvgIpc) is 2.41. The number of hydrogen-bond donors (Lipinski definition) is 0. The minimum Gasteiger partial charge on any atom is -0.0843 e. The van der Waals surface area contributed by atoms with Gasteiger partial charge in [0.2, 0.25) is 0 Å². The van der Waals surface area contributed by atoms with Gasteiger partial charge in [-0.1, -0.05) is 62.7 Å². The average molecular weight is 287 g/mol. The van der Waals surface area contributed by atoms with Crippen molar-refractivity contribution in [2.24, 2.45) is 0 Å². The van der Waals surface area contributed by atoms with Gasteiger partial charge in [0.25, 0.3) is 0 Å². The van der Waals surface area contributed by atoms with E-state index in [-0.39, 0.29) is 0 Å². The smallest absolute Gasteiger partial charge is 0.0406 e. The lowest BCUT2D eigenvalue weighted by molar-refractivity contribution is 0.749. The molecule has 0 aliphatic heterocycles. The quantitative estimate of drug-likeness (QED) is 0.635. The first-order chi connectivity index (χ1) is 9.49. The molecule has 0 aliphatic rings. The van der Waals surface area contributed by atoms with Crippen molar-refractivity contribution in [2.75, 3.05) is 0 Å². The van der Waals surface area contributed by atoms with Crippen LogP contribution in [0.1, 0.15) is 54.9 Å². The lowest BCUT2D eigenvalue weighted by atomic mass is 9.88. The molecule has 1 atom stereocenters. The minimum atomic E-state index is 0.508. The Labute approximate surface area is 127 Å². The van der Waals surface area contributed by atoms with Crippen molar-refractivity contribution in [3.8, 4) is 0 Å². The summed E-state index contributed by atoms with van der Waals surface area (Å²) in [5.41, 5.74) is 5.72. The van der Waals surface area contributed by atoms with Crippen molar-refractivity contribution < 1.29 is 0 Å². The Bertz CT molecular complexity index is 567. The van der Waals surface area contributed by atoms with E-state index in [1.54, 1.807) is 0 Å². The first kappa shape index (κ1) is 15.1. The Morgan fingerprint density at radius 1 is 0.950 bits per heavy atom. The number of rotatable bonds is 4. The van der Waals surface area contributed by atoms with Crippen LogP contribution in [0, 0.1) is 6.92 Å². The largest absolute Gasteiger partial charge is 0.0843 e. The van der Waals surface area contributed by atoms with E-state index in [2.05, 4.69) is 58.0 Å². The molecule has 0 saturated carbocycles. The molecule has 2 aromatic carbocycles. The molecule has 2 aromatic rings. The van der Waals surface area contributed by atoms with Crippen molar-refractivity contribution in [3.63, 3.8) is 0 Å². The van der Waals surface area contributed by atoms with Gasteiger partial charge in [-0.3, -0.25) is 0 Å². The molecule has 20 heavy (non-hydrogen) atoms. The molecule has 0 N–H and O–H groups in total. The molecule has 1 heteroatoms. The van der Waals surface area contributed by atoms with E-state index in [0.29, 0.717) is 11.8 Å². The standard InChI is InChI=1S/C19H23Cl/c1-13(2)19-7-5-6-17(15(19)4)12-14(3)16-8-10-18(20)11-9-16/h5-11,13-14H,12H2,1-4H3. The molecule has 106 valence electrons. The van der Waals surface area contributed by atoms with Crippen LogP contribution < -0.4 is 0 Å². The van der Waals surface area contributed by atoms with Crippen molar-refractivity contribution in [2.45, 2.75) is 46.0 Å². The van der Waals surface area contributed by atoms with Gasteiger partial charge in [-0.2, -0.15) is 0 Å². The van der Waals surface area contributed by atoms with Crippen LogP contribution in [0.3, 0.4) is 0 Å². The zero-order valence-corrected chi connectivity index (χ0v) is 13.5. The van der Waals surface area contributed by atoms with Gasteiger partial charge >= 0.3 is 0 Å². The van der Waals surface area contributed by atoms with E-state index in [1.807, 2.05) is 12.1 Å².